The highest BCUT2D eigenvalue weighted by Gasteiger charge is 2.18. The normalized spacial score (nSPS) is 9.90. The molecule has 0 saturated carbocycles. The number of anilines is 1. The number of aromatic nitrogens is 2. The molecule has 0 fully saturated rings. The van der Waals surface area contributed by atoms with Crippen molar-refractivity contribution in [3.8, 4) is 12.1 Å². The molecular formula is C15H13N5O. The van der Waals surface area contributed by atoms with Gasteiger partial charge in [-0.3, -0.25) is 9.36 Å². The van der Waals surface area contributed by atoms with Crippen LogP contribution in [0.5, 0.6) is 0 Å². The molecule has 0 radical (unpaired) electrons. The third-order valence-electron chi connectivity index (χ3n) is 3.20. The fraction of sp³-hybridized carbons (Fsp3) is 0.200. The van der Waals surface area contributed by atoms with Crippen molar-refractivity contribution in [2.45, 2.75) is 20.4 Å². The number of benzene rings is 1. The van der Waals surface area contributed by atoms with Gasteiger partial charge in [-0.15, -0.1) is 0 Å². The third-order valence-corrected chi connectivity index (χ3v) is 3.20. The van der Waals surface area contributed by atoms with Gasteiger partial charge in [0.1, 0.15) is 12.1 Å². The molecule has 104 valence electrons. The molecule has 21 heavy (non-hydrogen) atoms. The fourth-order valence-corrected chi connectivity index (χ4v) is 2.09. The lowest BCUT2D eigenvalue weighted by molar-refractivity contribution is 0.0971. The molecule has 0 amide bonds. The van der Waals surface area contributed by atoms with E-state index in [1.54, 1.807) is 12.1 Å². The first-order valence-corrected chi connectivity index (χ1v) is 6.24. The standard InChI is InChI=1S/C15H13N5O/c1-9-3-4-10(2)11(5-9)14(21)8-20-13(7-17)12(6-16)19-15(20)18/h3-5H,8H2,1-2H3,(H2,18,19). The first kappa shape index (κ1) is 14.3. The SMILES string of the molecule is Cc1ccc(C)c(C(=O)Cn2c(N)nc(C#N)c2C#N)c1. The molecule has 0 aliphatic heterocycles. The molecule has 0 unspecified atom stereocenters. The van der Waals surface area contributed by atoms with Crippen LogP contribution < -0.4 is 5.73 Å². The van der Waals surface area contributed by atoms with Crippen molar-refractivity contribution >= 4 is 11.7 Å². The number of carbonyl (C=O) groups excluding carboxylic acids is 1. The van der Waals surface area contributed by atoms with Crippen molar-refractivity contribution < 1.29 is 4.79 Å². The van der Waals surface area contributed by atoms with Gasteiger partial charge < -0.3 is 5.73 Å². The van der Waals surface area contributed by atoms with E-state index in [4.69, 9.17) is 16.3 Å². The quantitative estimate of drug-likeness (QED) is 0.860. The summed E-state index contributed by atoms with van der Waals surface area (Å²) in [4.78, 5) is 16.2. The number of nitriles is 2. The molecule has 0 aliphatic carbocycles. The first-order valence-electron chi connectivity index (χ1n) is 6.24. The topological polar surface area (TPSA) is 108 Å². The molecule has 2 N–H and O–H groups in total. The maximum Gasteiger partial charge on any atom is 0.202 e. The molecule has 1 aromatic heterocycles. The highest BCUT2D eigenvalue weighted by molar-refractivity contribution is 5.97. The number of rotatable bonds is 3. The lowest BCUT2D eigenvalue weighted by Gasteiger charge is -2.08. The van der Waals surface area contributed by atoms with E-state index < -0.39 is 0 Å². The van der Waals surface area contributed by atoms with E-state index >= 15 is 0 Å². The molecule has 1 heterocycles. The van der Waals surface area contributed by atoms with Gasteiger partial charge in [0.25, 0.3) is 0 Å². The van der Waals surface area contributed by atoms with E-state index in [1.165, 1.54) is 4.57 Å². The summed E-state index contributed by atoms with van der Waals surface area (Å²) in [5.74, 6) is -0.192. The van der Waals surface area contributed by atoms with Crippen molar-refractivity contribution in [3.05, 3.63) is 46.3 Å². The predicted octanol–water partition coefficient (Wildman–Crippen LogP) is 1.71. The second-order valence-corrected chi connectivity index (χ2v) is 4.72. The van der Waals surface area contributed by atoms with Crippen LogP contribution in [0, 0.1) is 36.5 Å². The number of hydrogen-bond acceptors (Lipinski definition) is 5. The number of nitrogens with two attached hydrogens (primary N) is 1. The zero-order valence-electron chi connectivity index (χ0n) is 11.7. The first-order chi connectivity index (χ1) is 9.97. The second kappa shape index (κ2) is 5.48. The van der Waals surface area contributed by atoms with Crippen LogP contribution in [0.2, 0.25) is 0 Å². The smallest absolute Gasteiger partial charge is 0.202 e. The number of nitrogens with zero attached hydrogens (tertiary/aromatic N) is 4. The average molecular weight is 279 g/mol. The summed E-state index contributed by atoms with van der Waals surface area (Å²) in [5.41, 5.74) is 8.02. The van der Waals surface area contributed by atoms with Gasteiger partial charge in [-0.2, -0.15) is 10.5 Å². The monoisotopic (exact) mass is 279 g/mol. The van der Waals surface area contributed by atoms with Crippen LogP contribution in [0.25, 0.3) is 0 Å². The number of Topliss-reactive ketones (excluding diaryl/α,β-unsaturated/α-hetero) is 1. The predicted molar refractivity (Wildman–Crippen MR) is 76.3 cm³/mol. The molecule has 0 bridgehead atoms. The molecule has 0 spiro atoms. The maximum absolute atomic E-state index is 12.4. The van der Waals surface area contributed by atoms with Crippen molar-refractivity contribution in [2.24, 2.45) is 0 Å². The molecule has 1 aromatic carbocycles. The minimum atomic E-state index is -0.179. The minimum Gasteiger partial charge on any atom is -0.369 e. The van der Waals surface area contributed by atoms with Crippen LogP contribution in [0.3, 0.4) is 0 Å². The summed E-state index contributed by atoms with van der Waals surface area (Å²) in [6.45, 7) is 3.62. The second-order valence-electron chi connectivity index (χ2n) is 4.72. The van der Waals surface area contributed by atoms with Gasteiger partial charge >= 0.3 is 0 Å². The van der Waals surface area contributed by atoms with Crippen molar-refractivity contribution in [1.29, 1.82) is 10.5 Å². The summed E-state index contributed by atoms with van der Waals surface area (Å²) in [6.07, 6.45) is 0. The average Bonchev–Trinajstić information content (AvgIpc) is 2.77. The Balaban J connectivity index is 2.42. The van der Waals surface area contributed by atoms with Crippen LogP contribution >= 0.6 is 0 Å². The number of nitrogen functional groups attached to an aromatic ring is 1. The molecule has 6 heteroatoms. The van der Waals surface area contributed by atoms with Gasteiger partial charge in [-0.05, 0) is 25.5 Å². The summed E-state index contributed by atoms with van der Waals surface area (Å²) >= 11 is 0. The number of imidazole rings is 1. The number of aryl methyl sites for hydroxylation is 2. The van der Waals surface area contributed by atoms with Crippen LogP contribution in [-0.4, -0.2) is 15.3 Å². The largest absolute Gasteiger partial charge is 0.369 e. The zero-order chi connectivity index (χ0) is 15.6. The highest BCUT2D eigenvalue weighted by atomic mass is 16.1. The fourth-order valence-electron chi connectivity index (χ4n) is 2.09. The number of ketones is 1. The van der Waals surface area contributed by atoms with Crippen LogP contribution in [0.1, 0.15) is 32.9 Å². The molecular weight excluding hydrogens is 266 g/mol. The number of carbonyl (C=O) groups is 1. The van der Waals surface area contributed by atoms with E-state index in [2.05, 4.69) is 4.98 Å². The zero-order valence-corrected chi connectivity index (χ0v) is 11.7. The Morgan fingerprint density at radius 1 is 1.33 bits per heavy atom. The maximum atomic E-state index is 12.4. The Hall–Kier alpha value is -3.12. The summed E-state index contributed by atoms with van der Waals surface area (Å²) in [6, 6.07) is 9.24. The lowest BCUT2D eigenvalue weighted by Crippen LogP contribution is -2.15. The van der Waals surface area contributed by atoms with Crippen molar-refractivity contribution in [1.82, 2.24) is 9.55 Å². The molecule has 2 aromatic rings. The summed E-state index contributed by atoms with van der Waals surface area (Å²) < 4.78 is 1.27. The Kier molecular flexibility index (Phi) is 3.73. The summed E-state index contributed by atoms with van der Waals surface area (Å²) in [7, 11) is 0. The van der Waals surface area contributed by atoms with Gasteiger partial charge in [0.15, 0.2) is 17.2 Å². The van der Waals surface area contributed by atoms with Crippen molar-refractivity contribution in [2.75, 3.05) is 5.73 Å². The highest BCUT2D eigenvalue weighted by Crippen LogP contribution is 2.16. The van der Waals surface area contributed by atoms with E-state index in [-0.39, 0.29) is 29.7 Å². The molecule has 0 aliphatic rings. The third kappa shape index (κ3) is 2.60. The van der Waals surface area contributed by atoms with Crippen LogP contribution in [-0.2, 0) is 6.54 Å². The number of hydrogen-bond donors (Lipinski definition) is 1. The van der Waals surface area contributed by atoms with Gasteiger partial charge in [-0.25, -0.2) is 4.98 Å². The van der Waals surface area contributed by atoms with E-state index in [0.29, 0.717) is 5.56 Å². The van der Waals surface area contributed by atoms with Gasteiger partial charge in [0.05, 0.1) is 6.54 Å². The van der Waals surface area contributed by atoms with E-state index in [1.807, 2.05) is 32.0 Å². The molecule has 6 nitrogen and oxygen atoms in total. The van der Waals surface area contributed by atoms with E-state index in [9.17, 15) is 4.79 Å². The van der Waals surface area contributed by atoms with Gasteiger partial charge in [0, 0.05) is 5.56 Å². The van der Waals surface area contributed by atoms with Gasteiger partial charge in [0.2, 0.25) is 5.95 Å². The Labute approximate surface area is 122 Å². The molecule has 0 atom stereocenters. The Morgan fingerprint density at radius 2 is 2.05 bits per heavy atom. The Bertz CT molecular complexity index is 805. The lowest BCUT2D eigenvalue weighted by atomic mass is 10.0. The van der Waals surface area contributed by atoms with Crippen LogP contribution in [0.15, 0.2) is 18.2 Å². The van der Waals surface area contributed by atoms with Gasteiger partial charge in [-0.1, -0.05) is 17.7 Å². The minimum absolute atomic E-state index is 0.00801. The summed E-state index contributed by atoms with van der Waals surface area (Å²) in [5, 5.41) is 18.0. The van der Waals surface area contributed by atoms with Crippen LogP contribution in [0.4, 0.5) is 5.95 Å². The van der Waals surface area contributed by atoms with E-state index in [0.717, 1.165) is 11.1 Å². The Morgan fingerprint density at radius 3 is 2.67 bits per heavy atom. The molecule has 2 rings (SSSR count). The molecule has 0 saturated heterocycles. The van der Waals surface area contributed by atoms with Crippen molar-refractivity contribution in [3.63, 3.8) is 0 Å².